The van der Waals surface area contributed by atoms with Crippen molar-refractivity contribution in [1.29, 1.82) is 0 Å². The van der Waals surface area contributed by atoms with E-state index in [0.29, 0.717) is 0 Å². The second-order valence-corrected chi connectivity index (χ2v) is 6.82. The fourth-order valence-corrected chi connectivity index (χ4v) is 3.54. The molecule has 5 nitrogen and oxygen atoms in total. The van der Waals surface area contributed by atoms with Gasteiger partial charge in [-0.2, -0.15) is 5.10 Å². The van der Waals surface area contributed by atoms with E-state index in [2.05, 4.69) is 47.4 Å². The zero-order valence-corrected chi connectivity index (χ0v) is 15.0. The normalized spacial score (nSPS) is 14.5. The van der Waals surface area contributed by atoms with Crippen LogP contribution >= 0.6 is 0 Å². The molecule has 0 bridgehead atoms. The van der Waals surface area contributed by atoms with Gasteiger partial charge in [0, 0.05) is 36.0 Å². The number of hydrogen-bond acceptors (Lipinski definition) is 4. The minimum atomic E-state index is 0.235. The Morgan fingerprint density at radius 3 is 3.04 bits per heavy atom. The van der Waals surface area contributed by atoms with Crippen LogP contribution in [0.15, 0.2) is 30.5 Å². The third-order valence-electron chi connectivity index (χ3n) is 4.97. The average molecular weight is 336 g/mol. The maximum atomic E-state index is 5.57. The first-order valence-corrected chi connectivity index (χ1v) is 8.91. The number of aromatic nitrogens is 3. The van der Waals surface area contributed by atoms with Crippen LogP contribution in [0.2, 0.25) is 0 Å². The van der Waals surface area contributed by atoms with E-state index in [1.54, 1.807) is 0 Å². The quantitative estimate of drug-likeness (QED) is 0.777. The van der Waals surface area contributed by atoms with Crippen molar-refractivity contribution in [2.24, 2.45) is 0 Å². The van der Waals surface area contributed by atoms with Gasteiger partial charge in [0.15, 0.2) is 5.65 Å². The van der Waals surface area contributed by atoms with Crippen molar-refractivity contribution in [3.05, 3.63) is 58.5 Å². The average Bonchev–Trinajstić information content (AvgIpc) is 3.20. The van der Waals surface area contributed by atoms with Gasteiger partial charge in [0.25, 0.3) is 0 Å². The van der Waals surface area contributed by atoms with Gasteiger partial charge >= 0.3 is 0 Å². The Bertz CT molecular complexity index is 915. The Labute approximate surface area is 148 Å². The van der Waals surface area contributed by atoms with E-state index >= 15 is 0 Å². The molecule has 1 N–H and O–H groups in total. The Balaban J connectivity index is 1.42. The second kappa shape index (κ2) is 6.48. The molecule has 0 fully saturated rings. The van der Waals surface area contributed by atoms with E-state index < -0.39 is 0 Å². The van der Waals surface area contributed by atoms with Crippen LogP contribution in [0.4, 0.5) is 0 Å². The molecule has 0 aliphatic carbocycles. The van der Waals surface area contributed by atoms with E-state index in [-0.39, 0.29) is 6.04 Å². The predicted molar refractivity (Wildman–Crippen MR) is 98.2 cm³/mol. The van der Waals surface area contributed by atoms with Crippen LogP contribution in [0.3, 0.4) is 0 Å². The van der Waals surface area contributed by atoms with Crippen LogP contribution in [0.25, 0.3) is 5.65 Å². The number of aryl methyl sites for hydroxylation is 2. The molecule has 5 heteroatoms. The molecule has 4 rings (SSSR count). The fourth-order valence-electron chi connectivity index (χ4n) is 3.54. The number of nitrogens with one attached hydrogen (secondary N) is 1. The highest BCUT2D eigenvalue weighted by atomic mass is 16.5. The van der Waals surface area contributed by atoms with Crippen molar-refractivity contribution >= 4 is 5.65 Å². The number of ether oxygens (including phenoxy) is 1. The lowest BCUT2D eigenvalue weighted by Gasteiger charge is -2.17. The first-order valence-electron chi connectivity index (χ1n) is 8.91. The summed E-state index contributed by atoms with van der Waals surface area (Å²) in [6.07, 6.45) is 4.00. The van der Waals surface area contributed by atoms with Gasteiger partial charge < -0.3 is 10.1 Å². The van der Waals surface area contributed by atoms with E-state index in [0.717, 1.165) is 48.8 Å². The third kappa shape index (κ3) is 3.12. The molecule has 0 spiro atoms. The van der Waals surface area contributed by atoms with Crippen molar-refractivity contribution in [2.75, 3.05) is 13.2 Å². The van der Waals surface area contributed by atoms with Gasteiger partial charge in [-0.05, 0) is 50.9 Å². The fraction of sp³-hybridized carbons (Fsp3) is 0.400. The molecule has 25 heavy (non-hydrogen) atoms. The Morgan fingerprint density at radius 1 is 1.28 bits per heavy atom. The van der Waals surface area contributed by atoms with Crippen molar-refractivity contribution in [3.63, 3.8) is 0 Å². The van der Waals surface area contributed by atoms with E-state index in [1.165, 1.54) is 16.7 Å². The monoisotopic (exact) mass is 336 g/mol. The summed E-state index contributed by atoms with van der Waals surface area (Å²) in [6, 6.07) is 8.79. The lowest BCUT2D eigenvalue weighted by molar-refractivity contribution is 0.357. The predicted octanol–water partition coefficient (Wildman–Crippen LogP) is 3.17. The Kier molecular flexibility index (Phi) is 4.17. The van der Waals surface area contributed by atoms with Crippen molar-refractivity contribution in [1.82, 2.24) is 19.9 Å². The molecule has 3 heterocycles. The van der Waals surface area contributed by atoms with Gasteiger partial charge in [-0.25, -0.2) is 9.50 Å². The summed E-state index contributed by atoms with van der Waals surface area (Å²) in [5.74, 6) is 1.05. The first kappa shape index (κ1) is 16.1. The minimum Gasteiger partial charge on any atom is -0.493 e. The SMILES string of the molecule is Cc1cc2ncc([C@@H](C)NCCc3ccc4c(c3)CCO4)c(C)n2n1. The summed E-state index contributed by atoms with van der Waals surface area (Å²) in [7, 11) is 0. The molecule has 1 atom stereocenters. The highest BCUT2D eigenvalue weighted by Gasteiger charge is 2.14. The third-order valence-corrected chi connectivity index (χ3v) is 4.97. The maximum absolute atomic E-state index is 5.57. The lowest BCUT2D eigenvalue weighted by atomic mass is 10.1. The van der Waals surface area contributed by atoms with Gasteiger partial charge in [0.2, 0.25) is 0 Å². The number of rotatable bonds is 5. The van der Waals surface area contributed by atoms with Gasteiger partial charge in [-0.3, -0.25) is 0 Å². The van der Waals surface area contributed by atoms with Crippen molar-refractivity contribution < 1.29 is 4.74 Å². The van der Waals surface area contributed by atoms with E-state index in [9.17, 15) is 0 Å². The Morgan fingerprint density at radius 2 is 2.16 bits per heavy atom. The molecular weight excluding hydrogens is 312 g/mol. The largest absolute Gasteiger partial charge is 0.493 e. The van der Waals surface area contributed by atoms with Crippen LogP contribution < -0.4 is 10.1 Å². The number of nitrogens with zero attached hydrogens (tertiary/aromatic N) is 3. The standard InChI is InChI=1S/C20H24N4O/c1-13-10-20-22-12-18(15(3)24(20)23-13)14(2)21-8-6-16-4-5-19-17(11-16)7-9-25-19/h4-5,10-12,14,21H,6-9H2,1-3H3/t14-/m1/s1. The van der Waals surface area contributed by atoms with Crippen LogP contribution in [0, 0.1) is 13.8 Å². The number of fused-ring (bicyclic) bond motifs is 2. The summed E-state index contributed by atoms with van der Waals surface area (Å²) in [5.41, 5.74) is 6.94. The van der Waals surface area contributed by atoms with Crippen molar-refractivity contribution in [3.8, 4) is 5.75 Å². The highest BCUT2D eigenvalue weighted by molar-refractivity contribution is 5.42. The summed E-state index contributed by atoms with van der Waals surface area (Å²) in [6.45, 7) is 8.03. The maximum Gasteiger partial charge on any atom is 0.155 e. The molecule has 0 radical (unpaired) electrons. The topological polar surface area (TPSA) is 51.5 Å². The molecule has 130 valence electrons. The molecule has 0 saturated carbocycles. The molecule has 2 aromatic heterocycles. The van der Waals surface area contributed by atoms with Gasteiger partial charge in [-0.15, -0.1) is 0 Å². The number of hydrogen-bond donors (Lipinski definition) is 1. The molecule has 1 aliphatic heterocycles. The van der Waals surface area contributed by atoms with Crippen LogP contribution in [0.5, 0.6) is 5.75 Å². The minimum absolute atomic E-state index is 0.235. The molecular formula is C20H24N4O. The highest BCUT2D eigenvalue weighted by Crippen LogP contribution is 2.26. The first-order chi connectivity index (χ1) is 12.1. The zero-order chi connectivity index (χ0) is 17.4. The molecule has 0 amide bonds. The van der Waals surface area contributed by atoms with E-state index in [1.807, 2.05) is 23.7 Å². The summed E-state index contributed by atoms with van der Waals surface area (Å²) in [5, 5.41) is 8.15. The summed E-state index contributed by atoms with van der Waals surface area (Å²) in [4.78, 5) is 4.54. The molecule has 1 aromatic carbocycles. The van der Waals surface area contributed by atoms with Crippen LogP contribution in [-0.4, -0.2) is 27.7 Å². The Hall–Kier alpha value is -2.40. The number of benzene rings is 1. The zero-order valence-electron chi connectivity index (χ0n) is 15.0. The van der Waals surface area contributed by atoms with Crippen LogP contribution in [-0.2, 0) is 12.8 Å². The lowest BCUT2D eigenvalue weighted by Crippen LogP contribution is -2.23. The molecule has 0 saturated heterocycles. The van der Waals surface area contributed by atoms with Gasteiger partial charge in [-0.1, -0.05) is 12.1 Å². The molecule has 0 unspecified atom stereocenters. The second-order valence-electron chi connectivity index (χ2n) is 6.82. The summed E-state index contributed by atoms with van der Waals surface area (Å²) >= 11 is 0. The molecule has 3 aromatic rings. The molecule has 1 aliphatic rings. The van der Waals surface area contributed by atoms with Gasteiger partial charge in [0.1, 0.15) is 5.75 Å². The van der Waals surface area contributed by atoms with E-state index in [4.69, 9.17) is 4.74 Å². The smallest absolute Gasteiger partial charge is 0.155 e. The summed E-state index contributed by atoms with van der Waals surface area (Å²) < 4.78 is 7.51. The van der Waals surface area contributed by atoms with Crippen LogP contribution in [0.1, 0.15) is 41.0 Å². The van der Waals surface area contributed by atoms with Gasteiger partial charge in [0.05, 0.1) is 12.3 Å². The van der Waals surface area contributed by atoms with Crippen molar-refractivity contribution in [2.45, 2.75) is 39.7 Å².